The number of halogens is 2. The van der Waals surface area contributed by atoms with Crippen LogP contribution in [0.5, 0.6) is 0 Å². The second-order valence-electron chi connectivity index (χ2n) is 3.90. The summed E-state index contributed by atoms with van der Waals surface area (Å²) in [5, 5.41) is 3.37. The molecule has 1 N–H and O–H groups in total. The summed E-state index contributed by atoms with van der Waals surface area (Å²) in [4.78, 5) is 12.1. The van der Waals surface area contributed by atoms with Crippen molar-refractivity contribution in [2.45, 2.75) is 6.92 Å². The second kappa shape index (κ2) is 5.55. The SMILES string of the molecule is Cc1cccc(Cl)c1NC(=O)c1cccc(Br)c1. The standard InChI is InChI=1S/C14H11BrClNO/c1-9-4-2-7-12(16)13(9)17-14(18)10-5-3-6-11(15)8-10/h2-8H,1H3,(H,17,18). The van der Waals surface area contributed by atoms with E-state index in [2.05, 4.69) is 21.2 Å². The largest absolute Gasteiger partial charge is 0.320 e. The minimum Gasteiger partial charge on any atom is -0.320 e. The zero-order valence-electron chi connectivity index (χ0n) is 9.71. The van der Waals surface area contributed by atoms with E-state index < -0.39 is 0 Å². The number of aryl methyl sites for hydroxylation is 1. The van der Waals surface area contributed by atoms with Crippen LogP contribution in [-0.4, -0.2) is 5.91 Å². The summed E-state index contributed by atoms with van der Waals surface area (Å²) in [5.74, 6) is -0.174. The van der Waals surface area contributed by atoms with Gasteiger partial charge >= 0.3 is 0 Å². The van der Waals surface area contributed by atoms with Crippen LogP contribution in [0.15, 0.2) is 46.9 Å². The number of nitrogens with one attached hydrogen (secondary N) is 1. The fourth-order valence-electron chi connectivity index (χ4n) is 1.61. The first-order valence-electron chi connectivity index (χ1n) is 5.40. The highest BCUT2D eigenvalue weighted by molar-refractivity contribution is 9.10. The molecular formula is C14H11BrClNO. The van der Waals surface area contributed by atoms with Gasteiger partial charge in [0.05, 0.1) is 10.7 Å². The molecule has 0 aliphatic rings. The molecule has 0 radical (unpaired) electrons. The van der Waals surface area contributed by atoms with Crippen molar-refractivity contribution < 1.29 is 4.79 Å². The summed E-state index contributed by atoms with van der Waals surface area (Å²) in [5.41, 5.74) is 2.18. The van der Waals surface area contributed by atoms with Gasteiger partial charge < -0.3 is 5.32 Å². The Balaban J connectivity index is 2.27. The summed E-state index contributed by atoms with van der Waals surface area (Å²) in [7, 11) is 0. The van der Waals surface area contributed by atoms with Crippen LogP contribution in [0.25, 0.3) is 0 Å². The van der Waals surface area contributed by atoms with Gasteiger partial charge in [-0.05, 0) is 36.8 Å². The van der Waals surface area contributed by atoms with E-state index in [1.165, 1.54) is 0 Å². The van der Waals surface area contributed by atoms with E-state index in [-0.39, 0.29) is 5.91 Å². The third-order valence-corrected chi connectivity index (χ3v) is 3.36. The van der Waals surface area contributed by atoms with Gasteiger partial charge in [0, 0.05) is 10.0 Å². The van der Waals surface area contributed by atoms with Crippen LogP contribution in [0.2, 0.25) is 5.02 Å². The number of hydrogen-bond donors (Lipinski definition) is 1. The van der Waals surface area contributed by atoms with Crippen LogP contribution in [0.1, 0.15) is 15.9 Å². The molecule has 0 saturated heterocycles. The van der Waals surface area contributed by atoms with Gasteiger partial charge in [0.1, 0.15) is 0 Å². The lowest BCUT2D eigenvalue weighted by molar-refractivity contribution is 0.102. The molecule has 2 aromatic carbocycles. The number of carbonyl (C=O) groups is 1. The molecule has 0 heterocycles. The molecule has 0 fully saturated rings. The number of hydrogen-bond acceptors (Lipinski definition) is 1. The Labute approximate surface area is 119 Å². The summed E-state index contributed by atoms with van der Waals surface area (Å²) in [6.07, 6.45) is 0. The third-order valence-electron chi connectivity index (χ3n) is 2.55. The highest BCUT2D eigenvalue weighted by Crippen LogP contribution is 2.26. The van der Waals surface area contributed by atoms with E-state index in [4.69, 9.17) is 11.6 Å². The Bertz CT molecular complexity index is 578. The molecule has 0 aliphatic heterocycles. The van der Waals surface area contributed by atoms with E-state index in [0.29, 0.717) is 16.3 Å². The van der Waals surface area contributed by atoms with Crippen LogP contribution in [-0.2, 0) is 0 Å². The minimum absolute atomic E-state index is 0.174. The molecule has 0 bridgehead atoms. The molecule has 2 rings (SSSR count). The molecule has 2 nitrogen and oxygen atoms in total. The second-order valence-corrected chi connectivity index (χ2v) is 5.22. The Morgan fingerprint density at radius 2 is 1.94 bits per heavy atom. The predicted molar refractivity (Wildman–Crippen MR) is 78.3 cm³/mol. The Morgan fingerprint density at radius 3 is 2.61 bits per heavy atom. The summed E-state index contributed by atoms with van der Waals surface area (Å²) < 4.78 is 0.867. The smallest absolute Gasteiger partial charge is 0.255 e. The van der Waals surface area contributed by atoms with Crippen LogP contribution < -0.4 is 5.32 Å². The molecule has 0 unspecified atom stereocenters. The summed E-state index contributed by atoms with van der Waals surface area (Å²) >= 11 is 9.41. The van der Waals surface area contributed by atoms with E-state index in [0.717, 1.165) is 10.0 Å². The zero-order valence-corrected chi connectivity index (χ0v) is 12.0. The Morgan fingerprint density at radius 1 is 1.22 bits per heavy atom. The van der Waals surface area contributed by atoms with Crippen molar-refractivity contribution in [1.29, 1.82) is 0 Å². The molecule has 0 atom stereocenters. The molecule has 0 aliphatic carbocycles. The van der Waals surface area contributed by atoms with Crippen LogP contribution in [0.4, 0.5) is 5.69 Å². The number of anilines is 1. The maximum absolute atomic E-state index is 12.1. The van der Waals surface area contributed by atoms with E-state index >= 15 is 0 Å². The zero-order chi connectivity index (χ0) is 13.1. The van der Waals surface area contributed by atoms with Gasteiger partial charge in [-0.3, -0.25) is 4.79 Å². The maximum atomic E-state index is 12.1. The van der Waals surface area contributed by atoms with Crippen LogP contribution >= 0.6 is 27.5 Å². The average Bonchev–Trinajstić information content (AvgIpc) is 2.34. The fraction of sp³-hybridized carbons (Fsp3) is 0.0714. The van der Waals surface area contributed by atoms with Crippen molar-refractivity contribution in [1.82, 2.24) is 0 Å². The molecule has 4 heteroatoms. The normalized spacial score (nSPS) is 10.2. The quantitative estimate of drug-likeness (QED) is 0.855. The van der Waals surface area contributed by atoms with E-state index in [1.54, 1.807) is 18.2 Å². The number of benzene rings is 2. The number of carbonyl (C=O) groups excluding carboxylic acids is 1. The van der Waals surface area contributed by atoms with Crippen LogP contribution in [0, 0.1) is 6.92 Å². The highest BCUT2D eigenvalue weighted by Gasteiger charge is 2.10. The lowest BCUT2D eigenvalue weighted by atomic mass is 10.1. The van der Waals surface area contributed by atoms with Gasteiger partial charge in [-0.15, -0.1) is 0 Å². The minimum atomic E-state index is -0.174. The van der Waals surface area contributed by atoms with Gasteiger partial charge in [0.25, 0.3) is 5.91 Å². The molecule has 0 spiro atoms. The fourth-order valence-corrected chi connectivity index (χ4v) is 2.27. The average molecular weight is 325 g/mol. The maximum Gasteiger partial charge on any atom is 0.255 e. The van der Waals surface area contributed by atoms with Crippen molar-refractivity contribution in [3.8, 4) is 0 Å². The van der Waals surface area contributed by atoms with Crippen molar-refractivity contribution in [3.63, 3.8) is 0 Å². The molecule has 18 heavy (non-hydrogen) atoms. The molecule has 2 aromatic rings. The van der Waals surface area contributed by atoms with Crippen LogP contribution in [0.3, 0.4) is 0 Å². The van der Waals surface area contributed by atoms with Crippen molar-refractivity contribution in [2.24, 2.45) is 0 Å². The summed E-state index contributed by atoms with van der Waals surface area (Å²) in [6, 6.07) is 12.7. The highest BCUT2D eigenvalue weighted by atomic mass is 79.9. The lowest BCUT2D eigenvalue weighted by Gasteiger charge is -2.10. The van der Waals surface area contributed by atoms with E-state index in [1.807, 2.05) is 31.2 Å². The van der Waals surface area contributed by atoms with Crippen molar-refractivity contribution >= 4 is 39.1 Å². The molecule has 1 amide bonds. The van der Waals surface area contributed by atoms with E-state index in [9.17, 15) is 4.79 Å². The Hall–Kier alpha value is -1.32. The predicted octanol–water partition coefficient (Wildman–Crippen LogP) is 4.66. The summed E-state index contributed by atoms with van der Waals surface area (Å²) in [6.45, 7) is 1.91. The first-order valence-corrected chi connectivity index (χ1v) is 6.57. The first kappa shape index (κ1) is 13.1. The monoisotopic (exact) mass is 323 g/mol. The molecular weight excluding hydrogens is 314 g/mol. The molecule has 92 valence electrons. The van der Waals surface area contributed by atoms with Gasteiger partial charge in [0.15, 0.2) is 0 Å². The Kier molecular flexibility index (Phi) is 4.04. The van der Waals surface area contributed by atoms with Crippen molar-refractivity contribution in [3.05, 3.63) is 63.1 Å². The number of para-hydroxylation sites is 1. The van der Waals surface area contributed by atoms with Crippen molar-refractivity contribution in [2.75, 3.05) is 5.32 Å². The molecule has 0 aromatic heterocycles. The lowest BCUT2D eigenvalue weighted by Crippen LogP contribution is -2.13. The van der Waals surface area contributed by atoms with Gasteiger partial charge in [-0.2, -0.15) is 0 Å². The van der Waals surface area contributed by atoms with Gasteiger partial charge in [0.2, 0.25) is 0 Å². The first-order chi connectivity index (χ1) is 8.58. The number of amides is 1. The van der Waals surface area contributed by atoms with Gasteiger partial charge in [-0.25, -0.2) is 0 Å². The number of rotatable bonds is 2. The third kappa shape index (κ3) is 2.92. The topological polar surface area (TPSA) is 29.1 Å². The molecule has 0 saturated carbocycles. The van der Waals surface area contributed by atoms with Gasteiger partial charge in [-0.1, -0.05) is 45.7 Å².